The summed E-state index contributed by atoms with van der Waals surface area (Å²) in [4.78, 5) is 14.2. The van der Waals surface area contributed by atoms with Crippen LogP contribution in [0.1, 0.15) is 23.2 Å². The predicted octanol–water partition coefficient (Wildman–Crippen LogP) is 3.18. The van der Waals surface area contributed by atoms with Gasteiger partial charge in [-0.05, 0) is 59.1 Å². The molecule has 28 heavy (non-hydrogen) atoms. The zero-order valence-electron chi connectivity index (χ0n) is 15.2. The number of rotatable bonds is 8. The van der Waals surface area contributed by atoms with Crippen LogP contribution >= 0.6 is 15.9 Å². The van der Waals surface area contributed by atoms with Crippen molar-refractivity contribution in [1.82, 2.24) is 9.62 Å². The van der Waals surface area contributed by atoms with Gasteiger partial charge in [0.1, 0.15) is 6.61 Å². The molecule has 1 fully saturated rings. The number of amides is 1. The third-order valence-corrected chi connectivity index (χ3v) is 6.45. The molecule has 6 nitrogen and oxygen atoms in total. The molecule has 2 aromatic rings. The molecule has 2 aromatic carbocycles. The van der Waals surface area contributed by atoms with E-state index >= 15 is 0 Å². The van der Waals surface area contributed by atoms with Gasteiger partial charge < -0.3 is 9.64 Å². The molecule has 9 heteroatoms. The van der Waals surface area contributed by atoms with Crippen molar-refractivity contribution in [3.8, 4) is 5.75 Å². The van der Waals surface area contributed by atoms with Crippen LogP contribution in [0.3, 0.4) is 0 Å². The number of carbonyl (C=O) groups excluding carboxylic acids is 1. The Bertz CT molecular complexity index is 980. The minimum atomic E-state index is -3.66. The predicted molar refractivity (Wildman–Crippen MR) is 106 cm³/mol. The Kier molecular flexibility index (Phi) is 6.36. The van der Waals surface area contributed by atoms with Gasteiger partial charge in [-0.25, -0.2) is 17.5 Å². The highest BCUT2D eigenvalue weighted by Gasteiger charge is 2.29. The lowest BCUT2D eigenvalue weighted by Gasteiger charge is -2.19. The number of nitrogens with zero attached hydrogens (tertiary/aromatic N) is 1. The van der Waals surface area contributed by atoms with Crippen molar-refractivity contribution in [2.45, 2.75) is 23.8 Å². The molecule has 0 unspecified atom stereocenters. The van der Waals surface area contributed by atoms with E-state index in [0.29, 0.717) is 4.47 Å². The number of benzene rings is 2. The fraction of sp³-hybridized carbons (Fsp3) is 0.316. The second-order valence-electron chi connectivity index (χ2n) is 6.54. The van der Waals surface area contributed by atoms with Gasteiger partial charge in [0.15, 0.2) is 11.6 Å². The first-order valence-electron chi connectivity index (χ1n) is 8.72. The van der Waals surface area contributed by atoms with E-state index in [9.17, 15) is 17.6 Å². The number of hydrogen-bond acceptors (Lipinski definition) is 4. The molecule has 0 heterocycles. The molecule has 1 saturated carbocycles. The summed E-state index contributed by atoms with van der Waals surface area (Å²) in [7, 11) is -2.09. The summed E-state index contributed by atoms with van der Waals surface area (Å²) in [6.07, 6.45) is 1.65. The van der Waals surface area contributed by atoms with Crippen LogP contribution in [0.5, 0.6) is 5.75 Å². The van der Waals surface area contributed by atoms with Gasteiger partial charge in [0.05, 0.1) is 17.0 Å². The molecule has 0 bridgehead atoms. The fourth-order valence-electron chi connectivity index (χ4n) is 2.49. The zero-order valence-corrected chi connectivity index (χ0v) is 17.6. The Morgan fingerprint density at radius 3 is 2.68 bits per heavy atom. The Balaban J connectivity index is 1.67. The topological polar surface area (TPSA) is 75.7 Å². The normalized spacial score (nSPS) is 14.0. The van der Waals surface area contributed by atoms with Crippen molar-refractivity contribution in [2.75, 3.05) is 20.2 Å². The number of nitrogens with one attached hydrogen (secondary N) is 1. The van der Waals surface area contributed by atoms with Crippen molar-refractivity contribution >= 4 is 31.9 Å². The van der Waals surface area contributed by atoms with Gasteiger partial charge >= 0.3 is 0 Å². The first kappa shape index (κ1) is 20.8. The summed E-state index contributed by atoms with van der Waals surface area (Å²) in [5.74, 6) is -0.725. The van der Waals surface area contributed by atoms with Crippen LogP contribution < -0.4 is 9.46 Å². The minimum absolute atomic E-state index is 0.0222. The van der Waals surface area contributed by atoms with E-state index < -0.39 is 15.8 Å². The largest absolute Gasteiger partial charge is 0.489 e. The SMILES string of the molecule is CN(CCOc1ccccc1F)C(=O)c1cc(S(=O)(=O)NC2CC2)ccc1Br. The van der Waals surface area contributed by atoms with Crippen molar-refractivity contribution in [3.05, 3.63) is 58.3 Å². The summed E-state index contributed by atoms with van der Waals surface area (Å²) >= 11 is 3.30. The average Bonchev–Trinajstić information content (AvgIpc) is 3.46. The molecule has 1 aliphatic carbocycles. The van der Waals surface area contributed by atoms with Gasteiger partial charge in [0.25, 0.3) is 5.91 Å². The number of hydrogen-bond donors (Lipinski definition) is 1. The van der Waals surface area contributed by atoms with Gasteiger partial charge in [0.2, 0.25) is 10.0 Å². The lowest BCUT2D eigenvalue weighted by Crippen LogP contribution is -2.31. The average molecular weight is 471 g/mol. The number of para-hydroxylation sites is 1. The van der Waals surface area contributed by atoms with Crippen molar-refractivity contribution in [2.24, 2.45) is 0 Å². The number of sulfonamides is 1. The zero-order chi connectivity index (χ0) is 20.3. The maximum absolute atomic E-state index is 13.6. The maximum atomic E-state index is 13.6. The van der Waals surface area contributed by atoms with Gasteiger partial charge in [0, 0.05) is 17.6 Å². The fourth-order valence-corrected chi connectivity index (χ4v) is 4.23. The number of ether oxygens (including phenoxy) is 1. The van der Waals surface area contributed by atoms with Crippen LogP contribution in [0.25, 0.3) is 0 Å². The van der Waals surface area contributed by atoms with E-state index in [1.165, 1.54) is 29.2 Å². The monoisotopic (exact) mass is 470 g/mol. The molecule has 0 atom stereocenters. The van der Waals surface area contributed by atoms with Crippen molar-refractivity contribution in [3.63, 3.8) is 0 Å². The third kappa shape index (κ3) is 5.09. The second kappa shape index (κ2) is 8.59. The summed E-state index contributed by atoms with van der Waals surface area (Å²) in [5.41, 5.74) is 0.229. The molecule has 1 amide bonds. The Hall–Kier alpha value is -1.97. The first-order chi connectivity index (χ1) is 13.3. The van der Waals surface area contributed by atoms with Crippen LogP contribution in [-0.2, 0) is 10.0 Å². The molecule has 0 radical (unpaired) electrons. The first-order valence-corrected chi connectivity index (χ1v) is 11.0. The highest BCUT2D eigenvalue weighted by atomic mass is 79.9. The van der Waals surface area contributed by atoms with Crippen molar-refractivity contribution < 1.29 is 22.3 Å². The van der Waals surface area contributed by atoms with Gasteiger partial charge in [-0.2, -0.15) is 0 Å². The van der Waals surface area contributed by atoms with Crippen LogP contribution in [-0.4, -0.2) is 45.5 Å². The molecular weight excluding hydrogens is 451 g/mol. The number of likely N-dealkylation sites (N-methyl/N-ethyl adjacent to an activating group) is 1. The second-order valence-corrected chi connectivity index (χ2v) is 9.11. The Labute approximate surface area is 171 Å². The van der Waals surface area contributed by atoms with E-state index in [-0.39, 0.29) is 41.3 Å². The van der Waals surface area contributed by atoms with Crippen LogP contribution in [0.4, 0.5) is 4.39 Å². The van der Waals surface area contributed by atoms with E-state index in [2.05, 4.69) is 20.7 Å². The van der Waals surface area contributed by atoms with Gasteiger partial charge in [-0.3, -0.25) is 4.79 Å². The highest BCUT2D eigenvalue weighted by molar-refractivity contribution is 9.10. The molecule has 3 rings (SSSR count). The number of halogens is 2. The molecule has 0 spiro atoms. The van der Waals surface area contributed by atoms with Gasteiger partial charge in [-0.15, -0.1) is 0 Å². The maximum Gasteiger partial charge on any atom is 0.254 e. The summed E-state index contributed by atoms with van der Waals surface area (Å²) < 4.78 is 46.8. The Morgan fingerprint density at radius 2 is 2.00 bits per heavy atom. The van der Waals surface area contributed by atoms with Crippen LogP contribution in [0, 0.1) is 5.82 Å². The van der Waals surface area contributed by atoms with E-state index in [0.717, 1.165) is 12.8 Å². The van der Waals surface area contributed by atoms with E-state index in [4.69, 9.17) is 4.74 Å². The molecule has 150 valence electrons. The standard InChI is InChI=1S/C19H20BrFN2O4S/c1-23(10-11-27-18-5-3-2-4-17(18)21)19(24)15-12-14(8-9-16(15)20)28(25,26)22-13-6-7-13/h2-5,8-9,12-13,22H,6-7,10-11H2,1H3. The highest BCUT2D eigenvalue weighted by Crippen LogP contribution is 2.25. The van der Waals surface area contributed by atoms with E-state index in [1.807, 2.05) is 0 Å². The number of carbonyl (C=O) groups is 1. The smallest absolute Gasteiger partial charge is 0.254 e. The minimum Gasteiger partial charge on any atom is -0.489 e. The summed E-state index contributed by atoms with van der Waals surface area (Å²) in [6.45, 7) is 0.304. The summed E-state index contributed by atoms with van der Waals surface area (Å²) in [6, 6.07) is 10.3. The molecule has 1 N–H and O–H groups in total. The lowest BCUT2D eigenvalue weighted by atomic mass is 10.2. The summed E-state index contributed by atoms with van der Waals surface area (Å²) in [5, 5.41) is 0. The van der Waals surface area contributed by atoms with Gasteiger partial charge in [-0.1, -0.05) is 12.1 Å². The molecule has 1 aliphatic rings. The molecule has 0 saturated heterocycles. The molecule has 0 aromatic heterocycles. The molecular formula is C19H20BrFN2O4S. The van der Waals surface area contributed by atoms with Crippen LogP contribution in [0.2, 0.25) is 0 Å². The van der Waals surface area contributed by atoms with Crippen molar-refractivity contribution in [1.29, 1.82) is 0 Å². The third-order valence-electron chi connectivity index (χ3n) is 4.25. The quantitative estimate of drug-likeness (QED) is 0.642. The van der Waals surface area contributed by atoms with Crippen LogP contribution in [0.15, 0.2) is 51.8 Å². The lowest BCUT2D eigenvalue weighted by molar-refractivity contribution is 0.0771. The Morgan fingerprint density at radius 1 is 1.29 bits per heavy atom. The van der Waals surface area contributed by atoms with E-state index in [1.54, 1.807) is 25.2 Å². The molecule has 0 aliphatic heterocycles.